The van der Waals surface area contributed by atoms with Crippen LogP contribution in [0.1, 0.15) is 40.8 Å². The van der Waals surface area contributed by atoms with Gasteiger partial charge in [0.15, 0.2) is 0 Å². The molecule has 2 unspecified atom stereocenters. The van der Waals surface area contributed by atoms with Crippen molar-refractivity contribution in [2.75, 3.05) is 24.5 Å². The molecule has 3 heterocycles. The Morgan fingerprint density at radius 2 is 1.94 bits per heavy atom. The number of benzene rings is 1. The van der Waals surface area contributed by atoms with Crippen molar-refractivity contribution in [2.45, 2.75) is 39.7 Å². The number of anilines is 1. The lowest BCUT2D eigenvalue weighted by Gasteiger charge is -2.42. The summed E-state index contributed by atoms with van der Waals surface area (Å²) in [5.74, 6) is 2.44. The van der Waals surface area contributed by atoms with Gasteiger partial charge in [-0.15, -0.1) is 0 Å². The summed E-state index contributed by atoms with van der Waals surface area (Å²) in [5.41, 5.74) is 2.00. The number of aryl methyl sites for hydroxylation is 2. The van der Waals surface area contributed by atoms with Gasteiger partial charge in [0.25, 0.3) is 5.91 Å². The Balaban J connectivity index is 1.51. The van der Waals surface area contributed by atoms with Gasteiger partial charge >= 0.3 is 0 Å². The van der Waals surface area contributed by atoms with E-state index in [0.717, 1.165) is 38.2 Å². The highest BCUT2D eigenvalue weighted by Gasteiger charge is 2.36. The predicted octanol–water partition coefficient (Wildman–Crippen LogP) is 4.89. The third kappa shape index (κ3) is 4.88. The van der Waals surface area contributed by atoms with Crippen LogP contribution in [0.4, 0.5) is 5.82 Å². The van der Waals surface area contributed by atoms with E-state index in [1.165, 1.54) is 5.56 Å². The first-order valence-electron chi connectivity index (χ1n) is 11.1. The van der Waals surface area contributed by atoms with Gasteiger partial charge in [0.05, 0.1) is 5.56 Å². The Labute approximate surface area is 184 Å². The summed E-state index contributed by atoms with van der Waals surface area (Å²) in [6.07, 6.45) is 3.73. The molecule has 1 fully saturated rings. The van der Waals surface area contributed by atoms with Crippen molar-refractivity contribution in [2.24, 2.45) is 5.92 Å². The number of carbonyl (C=O) groups excluding carboxylic acids is 1. The van der Waals surface area contributed by atoms with Crippen LogP contribution in [0.3, 0.4) is 0 Å². The smallest absolute Gasteiger partial charge is 0.263 e. The van der Waals surface area contributed by atoms with Crippen LogP contribution in [0.2, 0.25) is 0 Å². The molecule has 0 bridgehead atoms. The highest BCUT2D eigenvalue weighted by atomic mass is 16.3. The van der Waals surface area contributed by atoms with Gasteiger partial charge in [-0.1, -0.05) is 43.3 Å². The van der Waals surface area contributed by atoms with E-state index in [2.05, 4.69) is 47.1 Å². The number of aromatic nitrogens is 1. The lowest BCUT2D eigenvalue weighted by atomic mass is 9.91. The second-order valence-corrected chi connectivity index (χ2v) is 8.56. The Kier molecular flexibility index (Phi) is 6.52. The van der Waals surface area contributed by atoms with Crippen LogP contribution < -0.4 is 4.90 Å². The number of hydrogen-bond donors (Lipinski definition) is 0. The molecule has 31 heavy (non-hydrogen) atoms. The van der Waals surface area contributed by atoms with E-state index in [9.17, 15) is 4.79 Å². The molecular formula is C26H31N3O2. The normalized spacial score (nSPS) is 19.3. The molecule has 1 aromatic carbocycles. The van der Waals surface area contributed by atoms with Gasteiger partial charge in [-0.3, -0.25) is 9.69 Å². The van der Waals surface area contributed by atoms with Crippen LogP contribution in [0.15, 0.2) is 65.2 Å². The topological polar surface area (TPSA) is 49.6 Å². The quantitative estimate of drug-likeness (QED) is 0.573. The van der Waals surface area contributed by atoms with Gasteiger partial charge < -0.3 is 9.32 Å². The molecule has 0 N–H and O–H groups in total. The van der Waals surface area contributed by atoms with Gasteiger partial charge in [0, 0.05) is 31.9 Å². The predicted molar refractivity (Wildman–Crippen MR) is 123 cm³/mol. The molecule has 4 rings (SSSR count). The first kappa shape index (κ1) is 21.3. The Morgan fingerprint density at radius 1 is 1.16 bits per heavy atom. The molecule has 0 spiro atoms. The molecule has 0 saturated carbocycles. The maximum absolute atomic E-state index is 13.6. The van der Waals surface area contributed by atoms with Crippen molar-refractivity contribution >= 4 is 11.7 Å². The SMILES string of the molecule is Cc1cc(C(=O)N(c2ccccn2)C2CCN(CCc3ccccc3)CC2C)c(C)o1. The van der Waals surface area contributed by atoms with Crippen LogP contribution in [-0.2, 0) is 6.42 Å². The van der Waals surface area contributed by atoms with Crippen molar-refractivity contribution in [3.8, 4) is 0 Å². The van der Waals surface area contributed by atoms with Crippen molar-refractivity contribution in [3.63, 3.8) is 0 Å². The van der Waals surface area contributed by atoms with Crippen molar-refractivity contribution in [3.05, 3.63) is 83.4 Å². The minimum absolute atomic E-state index is 0.0253. The maximum atomic E-state index is 13.6. The lowest BCUT2D eigenvalue weighted by molar-refractivity contribution is 0.0930. The number of rotatable bonds is 6. The molecular weight excluding hydrogens is 386 g/mol. The molecule has 2 aromatic heterocycles. The largest absolute Gasteiger partial charge is 0.466 e. The summed E-state index contributed by atoms with van der Waals surface area (Å²) in [4.78, 5) is 22.6. The molecule has 5 heteroatoms. The number of amides is 1. The second-order valence-electron chi connectivity index (χ2n) is 8.56. The second kappa shape index (κ2) is 9.48. The zero-order valence-corrected chi connectivity index (χ0v) is 18.6. The number of likely N-dealkylation sites (tertiary alicyclic amines) is 1. The summed E-state index contributed by atoms with van der Waals surface area (Å²) in [5, 5.41) is 0. The third-order valence-electron chi connectivity index (χ3n) is 6.22. The molecule has 5 nitrogen and oxygen atoms in total. The lowest BCUT2D eigenvalue weighted by Crippen LogP contribution is -2.53. The summed E-state index contributed by atoms with van der Waals surface area (Å²) in [6, 6.07) is 18.3. The maximum Gasteiger partial charge on any atom is 0.263 e. The van der Waals surface area contributed by atoms with E-state index in [1.54, 1.807) is 6.20 Å². The summed E-state index contributed by atoms with van der Waals surface area (Å²) in [7, 11) is 0. The standard InChI is InChI=1S/C26H31N3O2/c1-19-18-28(15-12-22-9-5-4-6-10-22)16-13-24(19)29(25-11-7-8-14-27-25)26(30)23-17-20(2)31-21(23)3/h4-11,14,17,19,24H,12-13,15-16,18H2,1-3H3. The molecule has 3 aromatic rings. The molecule has 0 radical (unpaired) electrons. The van der Waals surface area contributed by atoms with E-state index in [1.807, 2.05) is 43.0 Å². The van der Waals surface area contributed by atoms with Crippen molar-refractivity contribution in [1.82, 2.24) is 9.88 Å². The fraction of sp³-hybridized carbons (Fsp3) is 0.385. The minimum atomic E-state index is -0.0253. The number of hydrogen-bond acceptors (Lipinski definition) is 4. The number of nitrogens with zero attached hydrogens (tertiary/aromatic N) is 3. The molecule has 0 aliphatic carbocycles. The Hall–Kier alpha value is -2.92. The number of piperidine rings is 1. The van der Waals surface area contributed by atoms with Crippen LogP contribution in [0.25, 0.3) is 0 Å². The third-order valence-corrected chi connectivity index (χ3v) is 6.22. The monoisotopic (exact) mass is 417 g/mol. The highest BCUT2D eigenvalue weighted by Crippen LogP contribution is 2.29. The first-order valence-corrected chi connectivity index (χ1v) is 11.1. The van der Waals surface area contributed by atoms with Crippen LogP contribution in [0.5, 0.6) is 0 Å². The fourth-order valence-electron chi connectivity index (χ4n) is 4.63. The minimum Gasteiger partial charge on any atom is -0.466 e. The summed E-state index contributed by atoms with van der Waals surface area (Å²) in [6.45, 7) is 8.96. The van der Waals surface area contributed by atoms with Crippen LogP contribution in [-0.4, -0.2) is 41.5 Å². The molecule has 1 amide bonds. The van der Waals surface area contributed by atoms with Gasteiger partial charge in [-0.05, 0) is 56.4 Å². The van der Waals surface area contributed by atoms with E-state index >= 15 is 0 Å². The Bertz CT molecular complexity index is 1000. The average Bonchev–Trinajstić information content (AvgIpc) is 3.13. The molecule has 1 saturated heterocycles. The van der Waals surface area contributed by atoms with Crippen molar-refractivity contribution in [1.29, 1.82) is 0 Å². The average molecular weight is 418 g/mol. The van der Waals surface area contributed by atoms with Crippen molar-refractivity contribution < 1.29 is 9.21 Å². The zero-order valence-electron chi connectivity index (χ0n) is 18.6. The molecule has 1 aliphatic rings. The summed E-state index contributed by atoms with van der Waals surface area (Å²) < 4.78 is 5.65. The van der Waals surface area contributed by atoms with E-state index in [0.29, 0.717) is 23.1 Å². The molecule has 1 aliphatic heterocycles. The highest BCUT2D eigenvalue weighted by molar-refractivity contribution is 6.06. The number of carbonyl (C=O) groups is 1. The van der Waals surface area contributed by atoms with E-state index < -0.39 is 0 Å². The summed E-state index contributed by atoms with van der Waals surface area (Å²) >= 11 is 0. The number of furan rings is 1. The van der Waals surface area contributed by atoms with Gasteiger partial charge in [-0.2, -0.15) is 0 Å². The van der Waals surface area contributed by atoms with Gasteiger partial charge in [-0.25, -0.2) is 4.98 Å². The number of pyridine rings is 1. The molecule has 2 atom stereocenters. The fourth-order valence-corrected chi connectivity index (χ4v) is 4.63. The first-order chi connectivity index (χ1) is 15.0. The van der Waals surface area contributed by atoms with E-state index in [4.69, 9.17) is 4.42 Å². The van der Waals surface area contributed by atoms with Crippen LogP contribution >= 0.6 is 0 Å². The Morgan fingerprint density at radius 3 is 2.58 bits per heavy atom. The zero-order chi connectivity index (χ0) is 21.8. The van der Waals surface area contributed by atoms with Crippen LogP contribution in [0, 0.1) is 19.8 Å². The van der Waals surface area contributed by atoms with E-state index in [-0.39, 0.29) is 11.9 Å². The van der Waals surface area contributed by atoms with Gasteiger partial charge in [0.1, 0.15) is 17.3 Å². The van der Waals surface area contributed by atoms with Gasteiger partial charge in [0.2, 0.25) is 0 Å². The molecule has 162 valence electrons.